The molecule has 20 heavy (non-hydrogen) atoms. The number of nitrogens with zero attached hydrogens (tertiary/aromatic N) is 1. The van der Waals surface area contributed by atoms with Gasteiger partial charge in [0.25, 0.3) is 0 Å². The molecule has 1 N–H and O–H groups in total. The molecule has 2 nitrogen and oxygen atoms in total. The van der Waals surface area contributed by atoms with E-state index in [1.807, 2.05) is 0 Å². The second kappa shape index (κ2) is 5.66. The van der Waals surface area contributed by atoms with Gasteiger partial charge in [-0.3, -0.25) is 0 Å². The molecule has 1 aliphatic carbocycles. The molecule has 1 aliphatic rings. The van der Waals surface area contributed by atoms with Crippen molar-refractivity contribution >= 4 is 11.3 Å². The summed E-state index contributed by atoms with van der Waals surface area (Å²) < 4.78 is 0. The Bertz CT molecular complexity index is 603. The van der Waals surface area contributed by atoms with Crippen LogP contribution in [0.2, 0.25) is 0 Å². The average molecular weight is 286 g/mol. The molecular formula is C17H22N2S. The maximum absolute atomic E-state index is 4.57. The Morgan fingerprint density at radius 3 is 2.70 bits per heavy atom. The number of rotatable bonds is 4. The summed E-state index contributed by atoms with van der Waals surface area (Å²) in [4.78, 5) is 4.57. The Kier molecular flexibility index (Phi) is 3.90. The van der Waals surface area contributed by atoms with E-state index in [-0.39, 0.29) is 0 Å². The lowest BCUT2D eigenvalue weighted by Crippen LogP contribution is -2.22. The highest BCUT2D eigenvalue weighted by molar-refractivity contribution is 7.09. The minimum absolute atomic E-state index is 0.303. The third-order valence-electron chi connectivity index (χ3n) is 4.13. The monoisotopic (exact) mass is 286 g/mol. The van der Waals surface area contributed by atoms with Crippen LogP contribution in [0.5, 0.6) is 0 Å². The van der Waals surface area contributed by atoms with Crippen molar-refractivity contribution in [2.45, 2.75) is 52.1 Å². The van der Waals surface area contributed by atoms with E-state index < -0.39 is 0 Å². The third kappa shape index (κ3) is 2.79. The summed E-state index contributed by atoms with van der Waals surface area (Å²) in [7, 11) is 0. The van der Waals surface area contributed by atoms with Gasteiger partial charge in [0.1, 0.15) is 5.01 Å². The number of nitrogens with one attached hydrogen (secondary N) is 1. The lowest BCUT2D eigenvalue weighted by Gasteiger charge is -2.19. The number of aryl methyl sites for hydroxylation is 3. The number of fused-ring (bicyclic) bond motifs is 1. The van der Waals surface area contributed by atoms with E-state index in [0.29, 0.717) is 12.1 Å². The van der Waals surface area contributed by atoms with Crippen LogP contribution in [-0.4, -0.2) is 4.98 Å². The summed E-state index contributed by atoms with van der Waals surface area (Å²) >= 11 is 1.74. The van der Waals surface area contributed by atoms with Gasteiger partial charge in [0.05, 0.1) is 6.04 Å². The molecule has 2 aromatic rings. The van der Waals surface area contributed by atoms with Gasteiger partial charge in [-0.15, -0.1) is 11.3 Å². The maximum Gasteiger partial charge on any atom is 0.110 e. The summed E-state index contributed by atoms with van der Waals surface area (Å²) in [5, 5.41) is 6.96. The van der Waals surface area contributed by atoms with Gasteiger partial charge < -0.3 is 5.32 Å². The van der Waals surface area contributed by atoms with Crippen LogP contribution in [0.15, 0.2) is 23.6 Å². The van der Waals surface area contributed by atoms with E-state index in [0.717, 1.165) is 5.69 Å². The second-order valence-corrected chi connectivity index (χ2v) is 6.71. The topological polar surface area (TPSA) is 24.9 Å². The van der Waals surface area contributed by atoms with E-state index in [9.17, 15) is 0 Å². The molecule has 1 heterocycles. The Morgan fingerprint density at radius 2 is 1.95 bits per heavy atom. The lowest BCUT2D eigenvalue weighted by molar-refractivity contribution is 0.492. The number of thiazole rings is 1. The summed E-state index contributed by atoms with van der Waals surface area (Å²) in [6.45, 7) is 6.49. The fraction of sp³-hybridized carbons (Fsp3) is 0.471. The standard InChI is InChI=1S/C17H22N2S/c1-11-10-20-17(18-11)13(3)19-12(2)15-8-7-14-5-4-6-16(14)9-15/h7-10,12-13,19H,4-6H2,1-3H3. The first-order valence-electron chi connectivity index (χ1n) is 7.43. The number of benzene rings is 1. The molecule has 2 unspecified atom stereocenters. The van der Waals surface area contributed by atoms with Crippen LogP contribution in [0.4, 0.5) is 0 Å². The zero-order valence-corrected chi connectivity index (χ0v) is 13.3. The highest BCUT2D eigenvalue weighted by Crippen LogP contribution is 2.27. The van der Waals surface area contributed by atoms with E-state index in [4.69, 9.17) is 0 Å². The van der Waals surface area contributed by atoms with E-state index >= 15 is 0 Å². The van der Waals surface area contributed by atoms with E-state index in [1.165, 1.54) is 29.8 Å². The smallest absolute Gasteiger partial charge is 0.110 e. The summed E-state index contributed by atoms with van der Waals surface area (Å²) in [6.07, 6.45) is 3.82. The fourth-order valence-corrected chi connectivity index (χ4v) is 3.79. The van der Waals surface area contributed by atoms with Crippen molar-refractivity contribution in [3.05, 3.63) is 51.0 Å². The summed E-state index contributed by atoms with van der Waals surface area (Å²) in [6, 6.07) is 7.65. The zero-order chi connectivity index (χ0) is 14.1. The average Bonchev–Trinajstić information content (AvgIpc) is 3.05. The predicted octanol–water partition coefficient (Wildman–Crippen LogP) is 4.35. The molecule has 0 radical (unpaired) electrons. The summed E-state index contributed by atoms with van der Waals surface area (Å²) in [5.41, 5.74) is 5.60. The molecule has 0 amide bonds. The summed E-state index contributed by atoms with van der Waals surface area (Å²) in [5.74, 6) is 0. The Labute approximate surface area is 125 Å². The Hall–Kier alpha value is -1.19. The lowest BCUT2D eigenvalue weighted by atomic mass is 10.0. The van der Waals surface area contributed by atoms with Crippen LogP contribution < -0.4 is 5.32 Å². The van der Waals surface area contributed by atoms with Crippen LogP contribution in [0, 0.1) is 6.92 Å². The zero-order valence-electron chi connectivity index (χ0n) is 12.4. The number of hydrogen-bond acceptors (Lipinski definition) is 3. The molecule has 0 saturated heterocycles. The van der Waals surface area contributed by atoms with Crippen LogP contribution in [-0.2, 0) is 12.8 Å². The van der Waals surface area contributed by atoms with Crippen LogP contribution >= 0.6 is 11.3 Å². The highest BCUT2D eigenvalue weighted by Gasteiger charge is 2.16. The molecule has 0 aliphatic heterocycles. The van der Waals surface area contributed by atoms with Crippen molar-refractivity contribution in [2.24, 2.45) is 0 Å². The Morgan fingerprint density at radius 1 is 1.15 bits per heavy atom. The molecule has 0 spiro atoms. The van der Waals surface area contributed by atoms with Gasteiger partial charge in [-0.25, -0.2) is 4.98 Å². The van der Waals surface area contributed by atoms with Crippen molar-refractivity contribution in [1.82, 2.24) is 10.3 Å². The third-order valence-corrected chi connectivity index (χ3v) is 5.28. The first-order chi connectivity index (χ1) is 9.63. The largest absolute Gasteiger partial charge is 0.302 e. The van der Waals surface area contributed by atoms with Crippen molar-refractivity contribution in [1.29, 1.82) is 0 Å². The van der Waals surface area contributed by atoms with Gasteiger partial charge in [0.15, 0.2) is 0 Å². The van der Waals surface area contributed by atoms with E-state index in [2.05, 4.69) is 54.7 Å². The molecule has 3 rings (SSSR count). The van der Waals surface area contributed by atoms with Crippen molar-refractivity contribution in [3.63, 3.8) is 0 Å². The molecule has 0 saturated carbocycles. The van der Waals surface area contributed by atoms with Crippen molar-refractivity contribution in [2.75, 3.05) is 0 Å². The van der Waals surface area contributed by atoms with Crippen molar-refractivity contribution < 1.29 is 0 Å². The maximum atomic E-state index is 4.57. The highest BCUT2D eigenvalue weighted by atomic mass is 32.1. The molecule has 3 heteroatoms. The molecule has 106 valence electrons. The van der Waals surface area contributed by atoms with Crippen LogP contribution in [0.1, 0.15) is 59.7 Å². The Balaban J connectivity index is 1.71. The molecule has 2 atom stereocenters. The van der Waals surface area contributed by atoms with Crippen molar-refractivity contribution in [3.8, 4) is 0 Å². The molecule has 0 bridgehead atoms. The first-order valence-corrected chi connectivity index (χ1v) is 8.31. The number of aromatic nitrogens is 1. The minimum atomic E-state index is 0.303. The van der Waals surface area contributed by atoms with Gasteiger partial charge in [0, 0.05) is 17.1 Å². The van der Waals surface area contributed by atoms with Gasteiger partial charge in [-0.05, 0) is 56.7 Å². The minimum Gasteiger partial charge on any atom is -0.302 e. The van der Waals surface area contributed by atoms with Gasteiger partial charge >= 0.3 is 0 Å². The molecular weight excluding hydrogens is 264 g/mol. The SMILES string of the molecule is Cc1csc(C(C)NC(C)c2ccc3c(c2)CCC3)n1. The van der Waals surface area contributed by atoms with Gasteiger partial charge in [-0.2, -0.15) is 0 Å². The van der Waals surface area contributed by atoms with Crippen LogP contribution in [0.3, 0.4) is 0 Å². The molecule has 1 aromatic heterocycles. The predicted molar refractivity (Wildman–Crippen MR) is 85.3 cm³/mol. The van der Waals surface area contributed by atoms with Crippen LogP contribution in [0.25, 0.3) is 0 Å². The van der Waals surface area contributed by atoms with E-state index in [1.54, 1.807) is 22.5 Å². The second-order valence-electron chi connectivity index (χ2n) is 5.82. The molecule has 0 fully saturated rings. The molecule has 1 aromatic carbocycles. The first kappa shape index (κ1) is 13.8. The fourth-order valence-electron chi connectivity index (χ4n) is 2.97. The normalized spacial score (nSPS) is 16.9. The number of hydrogen-bond donors (Lipinski definition) is 1. The van der Waals surface area contributed by atoms with Gasteiger partial charge in [0.2, 0.25) is 0 Å². The van der Waals surface area contributed by atoms with Gasteiger partial charge in [-0.1, -0.05) is 18.2 Å². The quantitative estimate of drug-likeness (QED) is 0.903.